The molecule has 1 aromatic heterocycles. The molecule has 2 rings (SSSR count). The maximum absolute atomic E-state index is 12.1. The van der Waals surface area contributed by atoms with Crippen LogP contribution in [0.4, 0.5) is 5.00 Å². The predicted octanol–water partition coefficient (Wildman–Crippen LogP) is 4.12. The van der Waals surface area contributed by atoms with Crippen molar-refractivity contribution in [2.24, 2.45) is 5.73 Å². The van der Waals surface area contributed by atoms with Gasteiger partial charge in [0.1, 0.15) is 5.00 Å². The number of amides is 2. The number of thiophene rings is 1. The van der Waals surface area contributed by atoms with E-state index in [0.29, 0.717) is 17.0 Å². The molecule has 2 amide bonds. The Hall–Kier alpha value is -1.79. The van der Waals surface area contributed by atoms with Crippen molar-refractivity contribution in [3.8, 4) is 0 Å². The summed E-state index contributed by atoms with van der Waals surface area (Å²) in [6.45, 7) is 3.77. The number of carbonyl (C=O) groups is 2. The smallest absolute Gasteiger partial charge is 0.251 e. The molecular weight excluding hydrogens is 340 g/mol. The number of nitrogens with one attached hydrogen (secondary N) is 1. The molecule has 0 saturated carbocycles. The highest BCUT2D eigenvalue weighted by molar-refractivity contribution is 7.98. The molecule has 128 valence electrons. The van der Waals surface area contributed by atoms with Crippen molar-refractivity contribution in [3.63, 3.8) is 0 Å². The monoisotopic (exact) mass is 362 g/mol. The van der Waals surface area contributed by atoms with Crippen molar-refractivity contribution in [1.82, 2.24) is 0 Å². The van der Waals surface area contributed by atoms with Gasteiger partial charge in [-0.2, -0.15) is 11.8 Å². The molecule has 0 bridgehead atoms. The van der Waals surface area contributed by atoms with Gasteiger partial charge in [0.15, 0.2) is 0 Å². The molecule has 24 heavy (non-hydrogen) atoms. The molecular formula is C18H22N2O2S2. The van der Waals surface area contributed by atoms with Crippen LogP contribution in [-0.2, 0) is 10.5 Å². The summed E-state index contributed by atoms with van der Waals surface area (Å²) in [6.07, 6.45) is 1.24. The van der Waals surface area contributed by atoms with E-state index in [1.165, 1.54) is 16.9 Å². The van der Waals surface area contributed by atoms with Crippen molar-refractivity contribution in [2.45, 2.75) is 32.4 Å². The van der Waals surface area contributed by atoms with Crippen LogP contribution in [0.2, 0.25) is 0 Å². The van der Waals surface area contributed by atoms with E-state index in [9.17, 15) is 9.59 Å². The minimum Gasteiger partial charge on any atom is -0.365 e. The van der Waals surface area contributed by atoms with E-state index < -0.39 is 5.91 Å². The Morgan fingerprint density at radius 1 is 1.21 bits per heavy atom. The van der Waals surface area contributed by atoms with Crippen LogP contribution in [0.1, 0.15) is 39.2 Å². The maximum atomic E-state index is 12.1. The largest absolute Gasteiger partial charge is 0.365 e. The lowest BCUT2D eigenvalue weighted by atomic mass is 10.1. The molecule has 1 aromatic carbocycles. The van der Waals surface area contributed by atoms with Crippen molar-refractivity contribution in [1.29, 1.82) is 0 Å². The second kappa shape index (κ2) is 8.89. The number of carbonyl (C=O) groups excluding carboxylic acids is 2. The van der Waals surface area contributed by atoms with Gasteiger partial charge in [-0.15, -0.1) is 11.3 Å². The molecule has 0 aliphatic rings. The summed E-state index contributed by atoms with van der Waals surface area (Å²) in [7, 11) is 0. The second-order valence-corrected chi connectivity index (χ2v) is 7.87. The number of anilines is 1. The molecule has 0 unspecified atom stereocenters. The van der Waals surface area contributed by atoms with Gasteiger partial charge in [0.25, 0.3) is 5.91 Å². The summed E-state index contributed by atoms with van der Waals surface area (Å²) in [4.78, 5) is 24.6. The van der Waals surface area contributed by atoms with Crippen LogP contribution in [0.3, 0.4) is 0 Å². The fourth-order valence-corrected chi connectivity index (χ4v) is 4.30. The van der Waals surface area contributed by atoms with E-state index in [1.54, 1.807) is 0 Å². The van der Waals surface area contributed by atoms with Gasteiger partial charge in [0, 0.05) is 17.1 Å². The highest BCUT2D eigenvalue weighted by Crippen LogP contribution is 2.32. The number of rotatable bonds is 8. The van der Waals surface area contributed by atoms with Crippen molar-refractivity contribution >= 4 is 39.9 Å². The third kappa shape index (κ3) is 5.11. The van der Waals surface area contributed by atoms with Gasteiger partial charge in [-0.05, 0) is 37.1 Å². The lowest BCUT2D eigenvalue weighted by Crippen LogP contribution is -2.17. The number of benzene rings is 1. The van der Waals surface area contributed by atoms with Crippen LogP contribution in [0.5, 0.6) is 0 Å². The predicted molar refractivity (Wildman–Crippen MR) is 103 cm³/mol. The molecule has 4 nitrogen and oxygen atoms in total. The lowest BCUT2D eigenvalue weighted by molar-refractivity contribution is -0.116. The quantitative estimate of drug-likeness (QED) is 0.694. The normalized spacial score (nSPS) is 10.6. The summed E-state index contributed by atoms with van der Waals surface area (Å²) < 4.78 is 0. The first-order valence-corrected chi connectivity index (χ1v) is 9.77. The van der Waals surface area contributed by atoms with Crippen LogP contribution in [-0.4, -0.2) is 17.6 Å². The van der Waals surface area contributed by atoms with Gasteiger partial charge in [-0.1, -0.05) is 30.3 Å². The molecule has 0 radical (unpaired) electrons. The zero-order valence-corrected chi connectivity index (χ0v) is 15.6. The SMILES string of the molecule is Cc1sc(NC(=O)CCCSCc2ccccc2)c(C(N)=O)c1C. The number of thioether (sulfide) groups is 1. The van der Waals surface area contributed by atoms with Gasteiger partial charge in [0.2, 0.25) is 5.91 Å². The van der Waals surface area contributed by atoms with E-state index in [0.717, 1.165) is 28.4 Å². The van der Waals surface area contributed by atoms with E-state index >= 15 is 0 Å². The third-order valence-electron chi connectivity index (χ3n) is 3.69. The zero-order valence-electron chi connectivity index (χ0n) is 13.9. The Bertz CT molecular complexity index is 711. The fraction of sp³-hybridized carbons (Fsp3) is 0.333. The van der Waals surface area contributed by atoms with Gasteiger partial charge in [-0.25, -0.2) is 0 Å². The number of hydrogen-bond donors (Lipinski definition) is 2. The van der Waals surface area contributed by atoms with Crippen LogP contribution in [0.15, 0.2) is 30.3 Å². The maximum Gasteiger partial charge on any atom is 0.251 e. The molecule has 0 aliphatic heterocycles. The second-order valence-electron chi connectivity index (χ2n) is 5.54. The Balaban J connectivity index is 1.76. The Morgan fingerprint density at radius 3 is 2.58 bits per heavy atom. The Morgan fingerprint density at radius 2 is 1.92 bits per heavy atom. The number of hydrogen-bond acceptors (Lipinski definition) is 4. The molecule has 0 spiro atoms. The van der Waals surface area contributed by atoms with Crippen molar-refractivity contribution in [2.75, 3.05) is 11.1 Å². The van der Waals surface area contributed by atoms with Gasteiger partial charge in [-0.3, -0.25) is 9.59 Å². The zero-order chi connectivity index (χ0) is 17.5. The standard InChI is InChI=1S/C18H22N2O2S2/c1-12-13(2)24-18(16(12)17(19)22)20-15(21)9-6-10-23-11-14-7-4-3-5-8-14/h3-5,7-8H,6,9-11H2,1-2H3,(H2,19,22)(H,20,21). The molecule has 3 N–H and O–H groups in total. The molecule has 0 fully saturated rings. The number of aryl methyl sites for hydroxylation is 1. The molecule has 0 saturated heterocycles. The van der Waals surface area contributed by atoms with Crippen LogP contribution in [0, 0.1) is 13.8 Å². The summed E-state index contributed by atoms with van der Waals surface area (Å²) in [5.74, 6) is 1.31. The van der Waals surface area contributed by atoms with E-state index in [1.807, 2.05) is 43.8 Å². The van der Waals surface area contributed by atoms with E-state index in [-0.39, 0.29) is 5.91 Å². The summed E-state index contributed by atoms with van der Waals surface area (Å²) in [5, 5.41) is 3.40. The summed E-state index contributed by atoms with van der Waals surface area (Å²) >= 11 is 3.22. The Labute approximate surface area is 150 Å². The molecule has 1 heterocycles. The highest BCUT2D eigenvalue weighted by Gasteiger charge is 2.18. The van der Waals surface area contributed by atoms with Crippen LogP contribution in [0.25, 0.3) is 0 Å². The first kappa shape index (κ1) is 18.5. The topological polar surface area (TPSA) is 72.2 Å². The average Bonchev–Trinajstić information content (AvgIpc) is 2.82. The average molecular weight is 363 g/mol. The number of primary amides is 1. The van der Waals surface area contributed by atoms with Gasteiger partial charge < -0.3 is 11.1 Å². The summed E-state index contributed by atoms with van der Waals surface area (Å²) in [6, 6.07) is 10.3. The fourth-order valence-electron chi connectivity index (χ4n) is 2.30. The Kier molecular flexibility index (Phi) is 6.87. The van der Waals surface area contributed by atoms with Crippen LogP contribution < -0.4 is 11.1 Å². The minimum atomic E-state index is -0.495. The third-order valence-corrected chi connectivity index (χ3v) is 5.93. The molecule has 0 atom stereocenters. The molecule has 2 aromatic rings. The van der Waals surface area contributed by atoms with Crippen LogP contribution >= 0.6 is 23.1 Å². The number of nitrogens with two attached hydrogens (primary N) is 1. The molecule has 6 heteroatoms. The van der Waals surface area contributed by atoms with E-state index in [2.05, 4.69) is 17.4 Å². The van der Waals surface area contributed by atoms with Gasteiger partial charge >= 0.3 is 0 Å². The van der Waals surface area contributed by atoms with E-state index in [4.69, 9.17) is 5.73 Å². The summed E-state index contributed by atoms with van der Waals surface area (Å²) in [5.41, 5.74) is 7.99. The lowest BCUT2D eigenvalue weighted by Gasteiger charge is -2.05. The first-order chi connectivity index (χ1) is 11.5. The van der Waals surface area contributed by atoms with Crippen molar-refractivity contribution in [3.05, 3.63) is 51.9 Å². The first-order valence-electron chi connectivity index (χ1n) is 7.80. The van der Waals surface area contributed by atoms with Gasteiger partial charge in [0.05, 0.1) is 5.56 Å². The molecule has 0 aliphatic carbocycles. The highest BCUT2D eigenvalue weighted by atomic mass is 32.2. The minimum absolute atomic E-state index is 0.0703. The van der Waals surface area contributed by atoms with Crippen molar-refractivity contribution < 1.29 is 9.59 Å².